The second-order valence-corrected chi connectivity index (χ2v) is 4.25. The fourth-order valence-corrected chi connectivity index (χ4v) is 1.87. The van der Waals surface area contributed by atoms with Gasteiger partial charge < -0.3 is 16.0 Å². The molecule has 0 spiro atoms. The summed E-state index contributed by atoms with van der Waals surface area (Å²) >= 11 is 0. The maximum absolute atomic E-state index is 11.0. The van der Waals surface area contributed by atoms with Gasteiger partial charge in [0.25, 0.3) is 5.69 Å². The lowest BCUT2D eigenvalue weighted by Gasteiger charge is -2.36. The van der Waals surface area contributed by atoms with Crippen molar-refractivity contribution in [2.45, 2.75) is 6.04 Å². The van der Waals surface area contributed by atoms with Crippen LogP contribution in [0, 0.1) is 10.1 Å². The SMILES string of the molecule is CN(c1ccc(C(N)=O)cc1[N+](=O)[O-])C1CNC1. The molecule has 2 rings (SSSR count). The predicted octanol–water partition coefficient (Wildman–Crippen LogP) is 0.102. The Bertz CT molecular complexity index is 499. The first-order chi connectivity index (χ1) is 8.50. The van der Waals surface area contributed by atoms with Crippen molar-refractivity contribution in [3.8, 4) is 0 Å². The third kappa shape index (κ3) is 2.12. The number of rotatable bonds is 4. The smallest absolute Gasteiger partial charge is 0.293 e. The average molecular weight is 250 g/mol. The second-order valence-electron chi connectivity index (χ2n) is 4.25. The molecule has 1 aliphatic rings. The quantitative estimate of drug-likeness (QED) is 0.583. The number of hydrogen-bond acceptors (Lipinski definition) is 5. The highest BCUT2D eigenvalue weighted by molar-refractivity contribution is 5.94. The fourth-order valence-electron chi connectivity index (χ4n) is 1.87. The number of nitrogens with one attached hydrogen (secondary N) is 1. The second kappa shape index (κ2) is 4.61. The number of benzene rings is 1. The number of primary amides is 1. The summed E-state index contributed by atoms with van der Waals surface area (Å²) in [6.07, 6.45) is 0. The minimum absolute atomic E-state index is 0.0966. The van der Waals surface area contributed by atoms with Crippen LogP contribution in [0.5, 0.6) is 0 Å². The normalized spacial score (nSPS) is 14.9. The van der Waals surface area contributed by atoms with Gasteiger partial charge in [-0.05, 0) is 12.1 Å². The molecule has 3 N–H and O–H groups in total. The van der Waals surface area contributed by atoms with E-state index in [0.717, 1.165) is 13.1 Å². The van der Waals surface area contributed by atoms with Crippen molar-refractivity contribution in [1.82, 2.24) is 5.32 Å². The number of carbonyl (C=O) groups is 1. The molecular weight excluding hydrogens is 236 g/mol. The Hall–Kier alpha value is -2.15. The summed E-state index contributed by atoms with van der Waals surface area (Å²) in [6.45, 7) is 1.59. The van der Waals surface area contributed by atoms with E-state index in [9.17, 15) is 14.9 Å². The van der Waals surface area contributed by atoms with Crippen molar-refractivity contribution in [2.75, 3.05) is 25.0 Å². The molecule has 1 fully saturated rings. The van der Waals surface area contributed by atoms with Gasteiger partial charge in [0, 0.05) is 31.8 Å². The number of nitrogens with two attached hydrogens (primary N) is 1. The molecule has 0 aliphatic carbocycles. The Labute approximate surface area is 104 Å². The van der Waals surface area contributed by atoms with Crippen molar-refractivity contribution in [1.29, 1.82) is 0 Å². The first-order valence-electron chi connectivity index (χ1n) is 5.52. The number of nitrogens with zero attached hydrogens (tertiary/aromatic N) is 2. The average Bonchev–Trinajstić information content (AvgIpc) is 2.25. The summed E-state index contributed by atoms with van der Waals surface area (Å²) in [5, 5.41) is 14.1. The molecule has 1 aliphatic heterocycles. The van der Waals surface area contributed by atoms with Crippen LogP contribution >= 0.6 is 0 Å². The number of carbonyl (C=O) groups excluding carboxylic acids is 1. The fraction of sp³-hybridized carbons (Fsp3) is 0.364. The molecule has 0 aromatic heterocycles. The number of hydrogen-bond donors (Lipinski definition) is 2. The minimum Gasteiger partial charge on any atom is -0.366 e. The van der Waals surface area contributed by atoms with Crippen LogP contribution in [0.4, 0.5) is 11.4 Å². The van der Waals surface area contributed by atoms with Gasteiger partial charge in [0.05, 0.1) is 11.0 Å². The number of anilines is 1. The van der Waals surface area contributed by atoms with Crippen molar-refractivity contribution >= 4 is 17.3 Å². The van der Waals surface area contributed by atoms with E-state index in [2.05, 4.69) is 5.32 Å². The lowest BCUT2D eigenvalue weighted by Crippen LogP contribution is -2.56. The highest BCUT2D eigenvalue weighted by Gasteiger charge is 2.27. The van der Waals surface area contributed by atoms with Crippen molar-refractivity contribution in [3.05, 3.63) is 33.9 Å². The Kier molecular flexibility index (Phi) is 3.15. The van der Waals surface area contributed by atoms with E-state index < -0.39 is 10.8 Å². The van der Waals surface area contributed by atoms with Gasteiger partial charge in [0.15, 0.2) is 0 Å². The maximum Gasteiger partial charge on any atom is 0.293 e. The lowest BCUT2D eigenvalue weighted by molar-refractivity contribution is -0.384. The molecule has 0 unspecified atom stereocenters. The summed E-state index contributed by atoms with van der Waals surface area (Å²) in [5.74, 6) is -0.669. The molecule has 1 aromatic rings. The molecule has 0 bridgehead atoms. The third-order valence-corrected chi connectivity index (χ3v) is 3.14. The zero-order chi connectivity index (χ0) is 13.3. The van der Waals surface area contributed by atoms with Gasteiger partial charge in [0.1, 0.15) is 5.69 Å². The standard InChI is InChI=1S/C11H14N4O3/c1-14(8-5-13-6-8)9-3-2-7(11(12)16)4-10(9)15(17)18/h2-4,8,13H,5-6H2,1H3,(H2,12,16). The van der Waals surface area contributed by atoms with Gasteiger partial charge >= 0.3 is 0 Å². The van der Waals surface area contributed by atoms with E-state index >= 15 is 0 Å². The Balaban J connectivity index is 2.39. The van der Waals surface area contributed by atoms with Gasteiger partial charge in [-0.15, -0.1) is 0 Å². The van der Waals surface area contributed by atoms with Gasteiger partial charge in [-0.1, -0.05) is 0 Å². The largest absolute Gasteiger partial charge is 0.366 e. The molecular formula is C11H14N4O3. The number of nitro groups is 1. The van der Waals surface area contributed by atoms with Crippen LogP contribution in [-0.2, 0) is 0 Å². The summed E-state index contributed by atoms with van der Waals surface area (Å²) in [5.41, 5.74) is 5.67. The number of nitro benzene ring substituents is 1. The minimum atomic E-state index is -0.669. The van der Waals surface area contributed by atoms with E-state index in [1.54, 1.807) is 13.1 Å². The Morgan fingerprint density at radius 2 is 2.22 bits per heavy atom. The molecule has 7 nitrogen and oxygen atoms in total. The molecule has 1 amide bonds. The molecule has 18 heavy (non-hydrogen) atoms. The monoisotopic (exact) mass is 250 g/mol. The van der Waals surface area contributed by atoms with Crippen LogP contribution < -0.4 is 16.0 Å². The molecule has 0 atom stereocenters. The van der Waals surface area contributed by atoms with E-state index in [0.29, 0.717) is 5.69 Å². The number of amides is 1. The van der Waals surface area contributed by atoms with Gasteiger partial charge in [-0.25, -0.2) is 0 Å². The summed E-state index contributed by atoms with van der Waals surface area (Å²) in [6, 6.07) is 4.53. The first kappa shape index (κ1) is 12.3. The van der Waals surface area contributed by atoms with Crippen LogP contribution in [0.15, 0.2) is 18.2 Å². The van der Waals surface area contributed by atoms with Crippen molar-refractivity contribution in [3.63, 3.8) is 0 Å². The van der Waals surface area contributed by atoms with Crippen LogP contribution in [0.3, 0.4) is 0 Å². The van der Waals surface area contributed by atoms with Gasteiger partial charge in [0.2, 0.25) is 5.91 Å². The Morgan fingerprint density at radius 1 is 1.56 bits per heavy atom. The Morgan fingerprint density at radius 3 is 2.67 bits per heavy atom. The molecule has 0 radical (unpaired) electrons. The maximum atomic E-state index is 11.0. The molecule has 96 valence electrons. The van der Waals surface area contributed by atoms with Crippen LogP contribution in [-0.4, -0.2) is 37.0 Å². The molecule has 0 saturated carbocycles. The molecule has 1 aromatic carbocycles. The lowest BCUT2D eigenvalue weighted by atomic mass is 10.1. The van der Waals surface area contributed by atoms with Gasteiger partial charge in [-0.2, -0.15) is 0 Å². The van der Waals surface area contributed by atoms with E-state index in [4.69, 9.17) is 5.73 Å². The molecule has 1 saturated heterocycles. The van der Waals surface area contributed by atoms with Gasteiger partial charge in [-0.3, -0.25) is 14.9 Å². The zero-order valence-corrected chi connectivity index (χ0v) is 9.92. The third-order valence-electron chi connectivity index (χ3n) is 3.14. The van der Waals surface area contributed by atoms with Crippen molar-refractivity contribution < 1.29 is 9.72 Å². The highest BCUT2D eigenvalue weighted by Crippen LogP contribution is 2.30. The predicted molar refractivity (Wildman–Crippen MR) is 66.7 cm³/mol. The van der Waals surface area contributed by atoms with Crippen LogP contribution in [0.1, 0.15) is 10.4 Å². The van der Waals surface area contributed by atoms with E-state index in [1.807, 2.05) is 4.90 Å². The first-order valence-corrected chi connectivity index (χ1v) is 5.52. The molecule has 1 heterocycles. The highest BCUT2D eigenvalue weighted by atomic mass is 16.6. The van der Waals surface area contributed by atoms with Crippen LogP contribution in [0.2, 0.25) is 0 Å². The number of likely N-dealkylation sites (N-methyl/N-ethyl adjacent to an activating group) is 1. The van der Waals surface area contributed by atoms with E-state index in [1.165, 1.54) is 12.1 Å². The summed E-state index contributed by atoms with van der Waals surface area (Å²) in [7, 11) is 1.80. The molecule has 7 heteroatoms. The van der Waals surface area contributed by atoms with Crippen LogP contribution in [0.25, 0.3) is 0 Å². The summed E-state index contributed by atoms with van der Waals surface area (Å²) < 4.78 is 0. The van der Waals surface area contributed by atoms with Crippen molar-refractivity contribution in [2.24, 2.45) is 5.73 Å². The zero-order valence-electron chi connectivity index (χ0n) is 9.92. The summed E-state index contributed by atoms with van der Waals surface area (Å²) in [4.78, 5) is 23.4. The topological polar surface area (TPSA) is 102 Å². The van der Waals surface area contributed by atoms with E-state index in [-0.39, 0.29) is 17.3 Å².